The molecule has 0 spiro atoms. The van der Waals surface area contributed by atoms with Crippen molar-refractivity contribution in [2.24, 2.45) is 11.7 Å². The Hall–Kier alpha value is -5.30. The number of halogens is 1. The fourth-order valence-corrected chi connectivity index (χ4v) is 9.62. The molecule has 15 nitrogen and oxygen atoms in total. The molecule has 1 atom stereocenters. The van der Waals surface area contributed by atoms with E-state index in [2.05, 4.69) is 19.8 Å². The molecule has 316 valence electrons. The third-order valence-corrected chi connectivity index (χ3v) is 13.2. The van der Waals surface area contributed by atoms with E-state index in [1.807, 2.05) is 24.3 Å². The summed E-state index contributed by atoms with van der Waals surface area (Å²) in [5, 5.41) is 9.50. The van der Waals surface area contributed by atoms with Crippen LogP contribution in [0, 0.1) is 17.2 Å². The average Bonchev–Trinajstić information content (AvgIpc) is 3.56. The van der Waals surface area contributed by atoms with E-state index >= 15 is 0 Å². The van der Waals surface area contributed by atoms with E-state index in [1.165, 1.54) is 11.1 Å². The molecule has 3 aliphatic heterocycles. The first-order chi connectivity index (χ1) is 29.1. The summed E-state index contributed by atoms with van der Waals surface area (Å²) in [6.07, 6.45) is 9.79. The van der Waals surface area contributed by atoms with Gasteiger partial charge in [-0.25, -0.2) is 9.97 Å². The maximum Gasteiger partial charge on any atom is 0.268 e. The van der Waals surface area contributed by atoms with Gasteiger partial charge in [-0.2, -0.15) is 5.26 Å². The smallest absolute Gasteiger partial charge is 0.268 e. The number of amides is 4. The second-order valence-corrected chi connectivity index (χ2v) is 17.0. The van der Waals surface area contributed by atoms with Crippen LogP contribution in [0.5, 0.6) is 11.5 Å². The highest BCUT2D eigenvalue weighted by Gasteiger charge is 2.46. The summed E-state index contributed by atoms with van der Waals surface area (Å²) in [6, 6.07) is 12.1. The van der Waals surface area contributed by atoms with Gasteiger partial charge in [0.05, 0.1) is 35.7 Å². The zero-order chi connectivity index (χ0) is 41.9. The number of methoxy groups -OCH3 is 1. The molecule has 60 heavy (non-hydrogen) atoms. The fraction of sp³-hybridized carbons (Fsp3) is 0.523. The van der Waals surface area contributed by atoms with Crippen LogP contribution < -0.4 is 20.1 Å². The number of likely N-dealkylation sites (tertiary alicyclic amines) is 1. The van der Waals surface area contributed by atoms with E-state index in [0.717, 1.165) is 63.2 Å². The van der Waals surface area contributed by atoms with Crippen LogP contribution in [0.15, 0.2) is 48.8 Å². The number of carbonyl (C=O) groups excluding carboxylic acids is 4. The van der Waals surface area contributed by atoms with Crippen molar-refractivity contribution in [2.75, 3.05) is 44.8 Å². The summed E-state index contributed by atoms with van der Waals surface area (Å²) in [5.41, 5.74) is 7.25. The van der Waals surface area contributed by atoms with Crippen molar-refractivity contribution in [3.8, 4) is 17.6 Å². The first-order valence-electron chi connectivity index (χ1n) is 21.0. The fourth-order valence-electron chi connectivity index (χ4n) is 9.41. The van der Waals surface area contributed by atoms with Crippen LogP contribution in [0.3, 0.4) is 0 Å². The molecular weight excluding hydrogens is 788 g/mol. The minimum atomic E-state index is -0.706. The summed E-state index contributed by atoms with van der Waals surface area (Å²) in [5.74, 6) is 1.22. The molecule has 2 saturated heterocycles. The summed E-state index contributed by atoms with van der Waals surface area (Å²) in [7, 11) is 1.73. The summed E-state index contributed by atoms with van der Waals surface area (Å²) in [6.45, 7) is 4.49. The number of benzene rings is 2. The lowest BCUT2D eigenvalue weighted by Crippen LogP contribution is -2.58. The number of piperidine rings is 2. The van der Waals surface area contributed by atoms with Crippen LogP contribution in [0.2, 0.25) is 5.02 Å². The first-order valence-corrected chi connectivity index (χ1v) is 21.4. The summed E-state index contributed by atoms with van der Waals surface area (Å²) in [4.78, 5) is 68.8. The Morgan fingerprint density at radius 1 is 0.950 bits per heavy atom. The number of imide groups is 1. The van der Waals surface area contributed by atoms with Crippen LogP contribution in [-0.2, 0) is 20.9 Å². The minimum Gasteiger partial charge on any atom is -0.490 e. The van der Waals surface area contributed by atoms with E-state index in [9.17, 15) is 19.2 Å². The Labute approximate surface area is 354 Å². The zero-order valence-corrected chi connectivity index (χ0v) is 34.6. The van der Waals surface area contributed by atoms with Crippen LogP contribution in [0.4, 0.5) is 5.82 Å². The van der Waals surface area contributed by atoms with Gasteiger partial charge in [0.25, 0.3) is 17.7 Å². The van der Waals surface area contributed by atoms with Crippen molar-refractivity contribution >= 4 is 41.0 Å². The van der Waals surface area contributed by atoms with Gasteiger partial charge in [-0.3, -0.25) is 29.0 Å². The molecule has 0 bridgehead atoms. The van der Waals surface area contributed by atoms with Crippen LogP contribution in [0.1, 0.15) is 96.2 Å². The third-order valence-electron chi connectivity index (χ3n) is 12.9. The number of nitrogens with two attached hydrogens (primary N) is 1. The van der Waals surface area contributed by atoms with Gasteiger partial charge in [-0.15, -0.1) is 0 Å². The Balaban J connectivity index is 0.818. The number of hydrogen-bond acceptors (Lipinski definition) is 12. The van der Waals surface area contributed by atoms with Crippen molar-refractivity contribution in [3.63, 3.8) is 0 Å². The highest BCUT2D eigenvalue weighted by molar-refractivity contribution is 6.31. The number of nitrogens with zero attached hydrogens (tertiary/aromatic N) is 7. The van der Waals surface area contributed by atoms with Crippen molar-refractivity contribution in [3.05, 3.63) is 76.2 Å². The number of rotatable bonds is 14. The SMILES string of the molecule is COCCN(CC1CCN(c2cnc(C(N)=O)cn2)CC1)C1CC(Oc2ccc3c(c2)C(=O)N(C2CCC(=O)N(C4CCC(Oc5ccc(C#N)c(Cl)c5)CC4)C2=O)C3)C1. The van der Waals surface area contributed by atoms with Crippen molar-refractivity contribution in [2.45, 2.75) is 101 Å². The molecule has 16 heteroatoms. The van der Waals surface area contributed by atoms with Gasteiger partial charge in [0, 0.05) is 82.8 Å². The average molecular weight is 839 g/mol. The standard InChI is InChI=1S/C44H51ClN8O7/c1-58-17-16-51(25-27-12-14-50(15-13-27)40-24-48-38(23-49-40)42(47)55)31-18-35(19-31)60-33-7-3-29-26-52(43(56)36(29)20-33)39-10-11-41(54)53(44(39)57)30-4-8-32(9-5-30)59-34-6-2-28(22-46)37(45)21-34/h2-3,6-7,20-21,23-24,27,30-32,35,39H,4-5,8-19,25-26H2,1H3,(H2,47,55). The molecule has 3 aromatic rings. The largest absolute Gasteiger partial charge is 0.490 e. The molecule has 2 N–H and O–H groups in total. The second kappa shape index (κ2) is 18.1. The lowest BCUT2D eigenvalue weighted by molar-refractivity contribution is -0.156. The molecule has 0 radical (unpaired) electrons. The number of anilines is 1. The quantitative estimate of drug-likeness (QED) is 0.221. The Morgan fingerprint density at radius 3 is 2.37 bits per heavy atom. The van der Waals surface area contributed by atoms with Crippen LogP contribution in [-0.4, -0.2) is 119 Å². The van der Waals surface area contributed by atoms with Crippen molar-refractivity contribution < 1.29 is 33.4 Å². The van der Waals surface area contributed by atoms with Gasteiger partial charge in [0.15, 0.2) is 0 Å². The predicted octanol–water partition coefficient (Wildman–Crippen LogP) is 4.74. The Kier molecular flexibility index (Phi) is 12.5. The van der Waals surface area contributed by atoms with Crippen LogP contribution in [0.25, 0.3) is 0 Å². The van der Waals surface area contributed by atoms with Gasteiger partial charge in [-0.05, 0) is 80.7 Å². The van der Waals surface area contributed by atoms with E-state index in [4.69, 9.17) is 36.8 Å². The summed E-state index contributed by atoms with van der Waals surface area (Å²) < 4.78 is 18.0. The molecule has 4 fully saturated rings. The molecule has 5 aliphatic rings. The number of ether oxygens (including phenoxy) is 3. The lowest BCUT2D eigenvalue weighted by atomic mass is 9.86. The van der Waals surface area contributed by atoms with E-state index in [1.54, 1.807) is 36.4 Å². The van der Waals surface area contributed by atoms with Gasteiger partial charge < -0.3 is 29.7 Å². The number of nitriles is 1. The maximum atomic E-state index is 14.0. The predicted molar refractivity (Wildman–Crippen MR) is 220 cm³/mol. The van der Waals surface area contributed by atoms with E-state index in [0.29, 0.717) is 84.9 Å². The normalized spacial score (nSPS) is 24.6. The van der Waals surface area contributed by atoms with Crippen LogP contribution >= 0.6 is 11.6 Å². The molecule has 1 unspecified atom stereocenters. The molecule has 2 aromatic carbocycles. The molecule has 1 aromatic heterocycles. The van der Waals surface area contributed by atoms with E-state index in [-0.39, 0.29) is 48.1 Å². The van der Waals surface area contributed by atoms with Gasteiger partial charge in [0.2, 0.25) is 5.91 Å². The highest BCUT2D eigenvalue weighted by Crippen LogP contribution is 2.37. The molecular formula is C44H51ClN8O7. The number of fused-ring (bicyclic) bond motifs is 1. The number of aromatic nitrogens is 2. The van der Waals surface area contributed by atoms with E-state index < -0.39 is 11.9 Å². The number of carbonyl (C=O) groups is 4. The molecule has 8 rings (SSSR count). The highest BCUT2D eigenvalue weighted by atomic mass is 35.5. The molecule has 2 saturated carbocycles. The number of hydrogen-bond donors (Lipinski definition) is 1. The maximum absolute atomic E-state index is 14.0. The van der Waals surface area contributed by atoms with Gasteiger partial charge >= 0.3 is 0 Å². The van der Waals surface area contributed by atoms with Crippen molar-refractivity contribution in [1.82, 2.24) is 24.7 Å². The lowest BCUT2D eigenvalue weighted by Gasteiger charge is -2.45. The molecule has 4 heterocycles. The van der Waals surface area contributed by atoms with Gasteiger partial charge in [0.1, 0.15) is 41.2 Å². The van der Waals surface area contributed by atoms with Gasteiger partial charge in [-0.1, -0.05) is 17.7 Å². The third kappa shape index (κ3) is 8.91. The second-order valence-electron chi connectivity index (χ2n) is 16.6. The zero-order valence-electron chi connectivity index (χ0n) is 33.8. The minimum absolute atomic E-state index is 0.0244. The summed E-state index contributed by atoms with van der Waals surface area (Å²) >= 11 is 6.19. The number of primary amides is 1. The molecule has 2 aliphatic carbocycles. The van der Waals surface area contributed by atoms with Crippen molar-refractivity contribution in [1.29, 1.82) is 5.26 Å². The monoisotopic (exact) mass is 838 g/mol. The first kappa shape index (κ1) is 41.4. The Morgan fingerprint density at radius 2 is 1.68 bits per heavy atom. The Bertz CT molecular complexity index is 2130. The molecule has 4 amide bonds. The topological polar surface area (TPSA) is 185 Å².